The van der Waals surface area contributed by atoms with E-state index in [1.54, 1.807) is 6.20 Å². The number of hydrogen-bond donors (Lipinski definition) is 1. The first kappa shape index (κ1) is 19.2. The zero-order chi connectivity index (χ0) is 20.6. The first-order chi connectivity index (χ1) is 14.8. The van der Waals surface area contributed by atoms with Gasteiger partial charge in [-0.1, -0.05) is 54.3 Å². The summed E-state index contributed by atoms with van der Waals surface area (Å²) >= 11 is 0. The fraction of sp³-hybridized carbons (Fsp3) is 0.0769. The molecule has 0 radical (unpaired) electrons. The van der Waals surface area contributed by atoms with Gasteiger partial charge in [0.1, 0.15) is 0 Å². The Morgan fingerprint density at radius 3 is 2.37 bits per heavy atom. The van der Waals surface area contributed by atoms with Crippen molar-refractivity contribution in [3.05, 3.63) is 114 Å². The molecule has 1 heterocycles. The highest BCUT2D eigenvalue weighted by Gasteiger charge is 2.06. The Morgan fingerprint density at radius 2 is 1.57 bits per heavy atom. The molecule has 0 saturated carbocycles. The van der Waals surface area contributed by atoms with E-state index >= 15 is 0 Å². The van der Waals surface area contributed by atoms with Crippen molar-refractivity contribution in [3.8, 4) is 17.5 Å². The smallest absolute Gasteiger partial charge is 0.224 e. The van der Waals surface area contributed by atoms with Crippen LogP contribution in [0.2, 0.25) is 0 Å². The molecule has 0 spiro atoms. The molecule has 1 amide bonds. The molecule has 4 heteroatoms. The van der Waals surface area contributed by atoms with Crippen LogP contribution in [0.5, 0.6) is 0 Å². The van der Waals surface area contributed by atoms with Crippen molar-refractivity contribution < 1.29 is 4.79 Å². The highest BCUT2D eigenvalue weighted by molar-refractivity contribution is 5.91. The van der Waals surface area contributed by atoms with Gasteiger partial charge in [-0.25, -0.2) is 4.68 Å². The lowest BCUT2D eigenvalue weighted by Gasteiger charge is -2.05. The Kier molecular flexibility index (Phi) is 6.02. The predicted molar refractivity (Wildman–Crippen MR) is 119 cm³/mol. The van der Waals surface area contributed by atoms with Gasteiger partial charge >= 0.3 is 0 Å². The van der Waals surface area contributed by atoms with Crippen LogP contribution in [-0.2, 0) is 11.2 Å². The van der Waals surface area contributed by atoms with Gasteiger partial charge in [-0.15, -0.1) is 0 Å². The van der Waals surface area contributed by atoms with Crippen LogP contribution in [-0.4, -0.2) is 15.7 Å². The average Bonchev–Trinajstić information content (AvgIpc) is 3.27. The Bertz CT molecular complexity index is 1180. The lowest BCUT2D eigenvalue weighted by atomic mass is 10.1. The summed E-state index contributed by atoms with van der Waals surface area (Å²) in [5.41, 5.74) is 4.60. The summed E-state index contributed by atoms with van der Waals surface area (Å²) in [4.78, 5) is 12.4. The molecule has 1 N–H and O–H groups in total. The quantitative estimate of drug-likeness (QED) is 0.495. The third kappa shape index (κ3) is 5.24. The van der Waals surface area contributed by atoms with Gasteiger partial charge in [0, 0.05) is 29.4 Å². The van der Waals surface area contributed by atoms with Crippen molar-refractivity contribution in [2.75, 3.05) is 5.32 Å². The van der Waals surface area contributed by atoms with Gasteiger partial charge in [-0.05, 0) is 54.4 Å². The first-order valence-corrected chi connectivity index (χ1v) is 9.82. The number of benzene rings is 3. The molecular formula is C26H21N3O. The van der Waals surface area contributed by atoms with Crippen LogP contribution in [0.3, 0.4) is 0 Å². The topological polar surface area (TPSA) is 46.9 Å². The van der Waals surface area contributed by atoms with Crippen LogP contribution in [0.15, 0.2) is 97.3 Å². The molecule has 146 valence electrons. The van der Waals surface area contributed by atoms with E-state index in [4.69, 9.17) is 0 Å². The highest BCUT2D eigenvalue weighted by Crippen LogP contribution is 2.12. The van der Waals surface area contributed by atoms with E-state index in [9.17, 15) is 4.79 Å². The molecule has 4 nitrogen and oxygen atoms in total. The lowest BCUT2D eigenvalue weighted by molar-refractivity contribution is -0.116. The van der Waals surface area contributed by atoms with Crippen molar-refractivity contribution >= 4 is 11.6 Å². The monoisotopic (exact) mass is 391 g/mol. The van der Waals surface area contributed by atoms with Crippen molar-refractivity contribution in [1.29, 1.82) is 0 Å². The second-order valence-electron chi connectivity index (χ2n) is 6.87. The maximum atomic E-state index is 12.4. The highest BCUT2D eigenvalue weighted by atomic mass is 16.1. The van der Waals surface area contributed by atoms with E-state index in [2.05, 4.69) is 22.3 Å². The molecule has 0 aliphatic heterocycles. The molecule has 1 aromatic heterocycles. The average molecular weight is 391 g/mol. The van der Waals surface area contributed by atoms with Gasteiger partial charge in [0.15, 0.2) is 0 Å². The van der Waals surface area contributed by atoms with Gasteiger partial charge in [-0.2, -0.15) is 5.10 Å². The van der Waals surface area contributed by atoms with E-state index in [1.807, 2.05) is 95.8 Å². The van der Waals surface area contributed by atoms with Crippen LogP contribution in [0.1, 0.15) is 23.1 Å². The molecule has 4 rings (SSSR count). The van der Waals surface area contributed by atoms with Gasteiger partial charge in [0.05, 0.1) is 11.9 Å². The van der Waals surface area contributed by atoms with E-state index in [0.717, 1.165) is 28.1 Å². The van der Waals surface area contributed by atoms with Crippen LogP contribution >= 0.6 is 0 Å². The van der Waals surface area contributed by atoms with Crippen LogP contribution in [0.25, 0.3) is 5.69 Å². The standard InChI is InChI=1S/C26H21N3O/c30-26(17-16-23-19-27-29(20-23)25-12-5-2-6-13-25)28-24-11-7-10-22(18-24)15-14-21-8-3-1-4-9-21/h1-13,18-20H,16-17H2,(H,28,30). The van der Waals surface area contributed by atoms with Crippen LogP contribution in [0.4, 0.5) is 5.69 Å². The van der Waals surface area contributed by atoms with Crippen molar-refractivity contribution in [1.82, 2.24) is 9.78 Å². The van der Waals surface area contributed by atoms with Crippen molar-refractivity contribution in [2.24, 2.45) is 0 Å². The lowest BCUT2D eigenvalue weighted by Crippen LogP contribution is -2.12. The summed E-state index contributed by atoms with van der Waals surface area (Å²) in [7, 11) is 0. The third-order valence-electron chi connectivity index (χ3n) is 4.57. The minimum atomic E-state index is -0.0318. The summed E-state index contributed by atoms with van der Waals surface area (Å²) in [6.45, 7) is 0. The zero-order valence-electron chi connectivity index (χ0n) is 16.5. The summed E-state index contributed by atoms with van der Waals surface area (Å²) in [6.07, 6.45) is 4.79. The van der Waals surface area contributed by atoms with Crippen molar-refractivity contribution in [3.63, 3.8) is 0 Å². The molecule has 30 heavy (non-hydrogen) atoms. The maximum Gasteiger partial charge on any atom is 0.224 e. The first-order valence-electron chi connectivity index (χ1n) is 9.82. The molecule has 0 aliphatic rings. The second kappa shape index (κ2) is 9.40. The minimum absolute atomic E-state index is 0.0318. The molecule has 0 fully saturated rings. The number of rotatable bonds is 5. The second-order valence-corrected chi connectivity index (χ2v) is 6.87. The number of aromatic nitrogens is 2. The number of anilines is 1. The molecule has 0 unspecified atom stereocenters. The van der Waals surface area contributed by atoms with Crippen LogP contribution < -0.4 is 5.32 Å². The number of nitrogens with one attached hydrogen (secondary N) is 1. The van der Waals surface area contributed by atoms with E-state index in [0.29, 0.717) is 12.8 Å². The molecule has 3 aromatic carbocycles. The number of carbonyl (C=O) groups excluding carboxylic acids is 1. The molecular weight excluding hydrogens is 370 g/mol. The summed E-state index contributed by atoms with van der Waals surface area (Å²) in [5, 5.41) is 7.33. The zero-order valence-corrected chi connectivity index (χ0v) is 16.5. The fourth-order valence-electron chi connectivity index (χ4n) is 3.03. The van der Waals surface area contributed by atoms with Crippen LogP contribution in [0, 0.1) is 11.8 Å². The predicted octanol–water partition coefficient (Wildman–Crippen LogP) is 4.84. The number of hydrogen-bond acceptors (Lipinski definition) is 2. The normalized spacial score (nSPS) is 10.1. The van der Waals surface area contributed by atoms with Gasteiger partial charge in [0.2, 0.25) is 5.91 Å². The van der Waals surface area contributed by atoms with Gasteiger partial charge in [0.25, 0.3) is 0 Å². The number of aryl methyl sites for hydroxylation is 1. The summed E-state index contributed by atoms with van der Waals surface area (Å²) in [6, 6.07) is 27.3. The van der Waals surface area contributed by atoms with E-state index < -0.39 is 0 Å². The third-order valence-corrected chi connectivity index (χ3v) is 4.57. The molecule has 4 aromatic rings. The SMILES string of the molecule is O=C(CCc1cnn(-c2ccccc2)c1)Nc1cccc(C#Cc2ccccc2)c1. The fourth-order valence-corrected chi connectivity index (χ4v) is 3.03. The van der Waals surface area contributed by atoms with Gasteiger partial charge in [-0.3, -0.25) is 4.79 Å². The Morgan fingerprint density at radius 1 is 0.867 bits per heavy atom. The minimum Gasteiger partial charge on any atom is -0.326 e. The Labute approximate surface area is 176 Å². The molecule has 0 atom stereocenters. The van der Waals surface area contributed by atoms with Crippen molar-refractivity contribution in [2.45, 2.75) is 12.8 Å². The Hall–Kier alpha value is -4.10. The van der Waals surface area contributed by atoms with E-state index in [-0.39, 0.29) is 5.91 Å². The largest absolute Gasteiger partial charge is 0.326 e. The van der Waals surface area contributed by atoms with E-state index in [1.165, 1.54) is 0 Å². The summed E-state index contributed by atoms with van der Waals surface area (Å²) < 4.78 is 1.82. The summed E-state index contributed by atoms with van der Waals surface area (Å²) in [5.74, 6) is 6.24. The number of nitrogens with zero attached hydrogens (tertiary/aromatic N) is 2. The maximum absolute atomic E-state index is 12.4. The molecule has 0 bridgehead atoms. The number of amides is 1. The molecule has 0 aliphatic carbocycles. The Balaban J connectivity index is 1.34. The number of para-hydroxylation sites is 1. The van der Waals surface area contributed by atoms with Gasteiger partial charge < -0.3 is 5.32 Å². The number of carbonyl (C=O) groups is 1. The molecule has 0 saturated heterocycles.